The summed E-state index contributed by atoms with van der Waals surface area (Å²) in [4.78, 5) is 0.351. The number of hydrogen-bond acceptors (Lipinski definition) is 4. The first kappa shape index (κ1) is 13.1. The Hall–Kier alpha value is -1.33. The lowest BCUT2D eigenvalue weighted by Gasteiger charge is -2.06. The second-order valence-electron chi connectivity index (χ2n) is 4.22. The van der Waals surface area contributed by atoms with Gasteiger partial charge in [-0.2, -0.15) is 11.3 Å². The lowest BCUT2D eigenvalue weighted by Crippen LogP contribution is -2.09. The third-order valence-corrected chi connectivity index (χ3v) is 5.29. The van der Waals surface area contributed by atoms with Crippen LogP contribution < -0.4 is 5.73 Å². The van der Waals surface area contributed by atoms with E-state index >= 15 is 0 Å². The summed E-state index contributed by atoms with van der Waals surface area (Å²) in [6.45, 7) is 1.81. The van der Waals surface area contributed by atoms with Crippen LogP contribution in [-0.4, -0.2) is 14.2 Å². The van der Waals surface area contributed by atoms with E-state index in [0.29, 0.717) is 17.0 Å². The molecule has 2 aromatic rings. The summed E-state index contributed by atoms with van der Waals surface area (Å²) in [6, 6.07) is 6.81. The summed E-state index contributed by atoms with van der Waals surface area (Å²) >= 11 is 1.58. The van der Waals surface area contributed by atoms with Crippen LogP contribution in [0.5, 0.6) is 0 Å². The fourth-order valence-corrected chi connectivity index (χ4v) is 3.72. The van der Waals surface area contributed by atoms with Gasteiger partial charge in [0.05, 0.1) is 10.6 Å². The highest BCUT2D eigenvalue weighted by atomic mass is 32.2. The first-order chi connectivity index (χ1) is 8.49. The zero-order valence-corrected chi connectivity index (χ0v) is 11.7. The van der Waals surface area contributed by atoms with Gasteiger partial charge in [-0.05, 0) is 59.5 Å². The molecule has 1 aromatic carbocycles. The number of nitrogen functional groups attached to an aromatic ring is 1. The molecule has 2 rings (SSSR count). The zero-order valence-electron chi connectivity index (χ0n) is 10.1. The minimum atomic E-state index is -3.23. The van der Waals surface area contributed by atoms with Crippen LogP contribution in [0.4, 0.5) is 5.69 Å². The van der Waals surface area contributed by atoms with Crippen molar-refractivity contribution in [2.75, 3.05) is 11.5 Å². The van der Waals surface area contributed by atoms with Crippen LogP contribution in [-0.2, 0) is 16.3 Å². The number of anilines is 1. The average Bonchev–Trinajstić information content (AvgIpc) is 2.83. The number of sulfone groups is 1. The number of nitrogens with two attached hydrogens (primary N) is 1. The molecule has 18 heavy (non-hydrogen) atoms. The molecular formula is C13H15NO2S2. The maximum atomic E-state index is 12.2. The fourth-order valence-electron chi connectivity index (χ4n) is 1.65. The molecule has 0 atom stereocenters. The number of aryl methyl sites for hydroxylation is 2. The Balaban J connectivity index is 2.17. The summed E-state index contributed by atoms with van der Waals surface area (Å²) in [5, 5.41) is 3.93. The summed E-state index contributed by atoms with van der Waals surface area (Å²) in [7, 11) is -3.23. The van der Waals surface area contributed by atoms with E-state index in [2.05, 4.69) is 0 Å². The van der Waals surface area contributed by atoms with E-state index in [1.54, 1.807) is 29.5 Å². The molecule has 0 aliphatic rings. The maximum absolute atomic E-state index is 12.2. The molecule has 0 spiro atoms. The summed E-state index contributed by atoms with van der Waals surface area (Å²) in [5.74, 6) is 0.132. The molecular weight excluding hydrogens is 266 g/mol. The Labute approximate surface area is 111 Å². The quantitative estimate of drug-likeness (QED) is 0.876. The lowest BCUT2D eigenvalue weighted by atomic mass is 10.2. The highest BCUT2D eigenvalue weighted by Gasteiger charge is 2.15. The number of rotatable bonds is 4. The van der Waals surface area contributed by atoms with Gasteiger partial charge in [0.15, 0.2) is 9.84 Å². The van der Waals surface area contributed by atoms with Gasteiger partial charge in [0.1, 0.15) is 0 Å². The number of benzene rings is 1. The number of hydrogen-bond donors (Lipinski definition) is 1. The van der Waals surface area contributed by atoms with Crippen LogP contribution in [0.2, 0.25) is 0 Å². The van der Waals surface area contributed by atoms with Crippen LogP contribution >= 0.6 is 11.3 Å². The predicted molar refractivity (Wildman–Crippen MR) is 75.7 cm³/mol. The monoisotopic (exact) mass is 281 g/mol. The van der Waals surface area contributed by atoms with Crippen LogP contribution in [0.1, 0.15) is 11.1 Å². The van der Waals surface area contributed by atoms with Gasteiger partial charge in [-0.15, -0.1) is 0 Å². The first-order valence-corrected chi connectivity index (χ1v) is 8.18. The molecule has 0 amide bonds. The van der Waals surface area contributed by atoms with Crippen LogP contribution in [0.3, 0.4) is 0 Å². The molecule has 0 saturated heterocycles. The molecule has 0 saturated carbocycles. The summed E-state index contributed by atoms with van der Waals surface area (Å²) in [6.07, 6.45) is 0.551. The second-order valence-corrected chi connectivity index (χ2v) is 7.11. The molecule has 2 N–H and O–H groups in total. The van der Waals surface area contributed by atoms with Crippen LogP contribution in [0, 0.1) is 6.92 Å². The van der Waals surface area contributed by atoms with E-state index in [4.69, 9.17) is 5.73 Å². The third kappa shape index (κ3) is 2.91. The van der Waals surface area contributed by atoms with Crippen molar-refractivity contribution in [2.24, 2.45) is 0 Å². The van der Waals surface area contributed by atoms with E-state index in [9.17, 15) is 8.42 Å². The Bertz CT molecular complexity index is 631. The van der Waals surface area contributed by atoms with Crippen molar-refractivity contribution in [3.63, 3.8) is 0 Å². The summed E-state index contributed by atoms with van der Waals surface area (Å²) < 4.78 is 24.3. The van der Waals surface area contributed by atoms with Crippen molar-refractivity contribution in [2.45, 2.75) is 18.2 Å². The summed E-state index contributed by atoms with van der Waals surface area (Å²) in [5.41, 5.74) is 8.17. The van der Waals surface area contributed by atoms with Crippen LogP contribution in [0.25, 0.3) is 0 Å². The second kappa shape index (κ2) is 5.12. The van der Waals surface area contributed by atoms with Gasteiger partial charge < -0.3 is 5.73 Å². The Morgan fingerprint density at radius 3 is 2.67 bits per heavy atom. The molecule has 5 heteroatoms. The Kier molecular flexibility index (Phi) is 3.73. The predicted octanol–water partition coefficient (Wildman–Crippen LogP) is 2.66. The van der Waals surface area contributed by atoms with E-state index in [1.807, 2.05) is 23.8 Å². The van der Waals surface area contributed by atoms with E-state index < -0.39 is 9.84 Å². The van der Waals surface area contributed by atoms with Crippen molar-refractivity contribution in [1.29, 1.82) is 0 Å². The van der Waals surface area contributed by atoms with Crippen molar-refractivity contribution in [1.82, 2.24) is 0 Å². The normalized spacial score (nSPS) is 11.6. The molecule has 0 fully saturated rings. The van der Waals surface area contributed by atoms with Gasteiger partial charge in [0.2, 0.25) is 0 Å². The minimum Gasteiger partial charge on any atom is -0.399 e. The van der Waals surface area contributed by atoms with Gasteiger partial charge in [0.25, 0.3) is 0 Å². The standard InChI is InChI=1S/C13H15NO2S2/c1-10-8-12(2-3-13(10)14)18(15,16)7-5-11-4-6-17-9-11/h2-4,6,8-9H,5,7,14H2,1H3. The lowest BCUT2D eigenvalue weighted by molar-refractivity contribution is 0.595. The van der Waals surface area contributed by atoms with Gasteiger partial charge in [-0.3, -0.25) is 0 Å². The Morgan fingerprint density at radius 2 is 2.06 bits per heavy atom. The highest BCUT2D eigenvalue weighted by Crippen LogP contribution is 2.19. The molecule has 3 nitrogen and oxygen atoms in total. The van der Waals surface area contributed by atoms with Crippen molar-refractivity contribution in [3.8, 4) is 0 Å². The SMILES string of the molecule is Cc1cc(S(=O)(=O)CCc2ccsc2)ccc1N. The van der Waals surface area contributed by atoms with Gasteiger partial charge >= 0.3 is 0 Å². The van der Waals surface area contributed by atoms with Gasteiger partial charge in [-0.1, -0.05) is 0 Å². The van der Waals surface area contributed by atoms with Crippen molar-refractivity contribution >= 4 is 26.9 Å². The topological polar surface area (TPSA) is 60.2 Å². The third-order valence-electron chi connectivity index (χ3n) is 2.84. The van der Waals surface area contributed by atoms with Crippen molar-refractivity contribution in [3.05, 3.63) is 46.2 Å². The van der Waals surface area contributed by atoms with E-state index in [0.717, 1.165) is 11.1 Å². The molecule has 0 bridgehead atoms. The highest BCUT2D eigenvalue weighted by molar-refractivity contribution is 7.91. The molecule has 0 unspecified atom stereocenters. The van der Waals surface area contributed by atoms with Crippen molar-refractivity contribution < 1.29 is 8.42 Å². The molecule has 0 aliphatic carbocycles. The largest absolute Gasteiger partial charge is 0.399 e. The zero-order chi connectivity index (χ0) is 13.2. The smallest absolute Gasteiger partial charge is 0.178 e. The maximum Gasteiger partial charge on any atom is 0.178 e. The fraction of sp³-hybridized carbons (Fsp3) is 0.231. The van der Waals surface area contributed by atoms with E-state index in [-0.39, 0.29) is 5.75 Å². The van der Waals surface area contributed by atoms with Crippen LogP contribution in [0.15, 0.2) is 39.9 Å². The van der Waals surface area contributed by atoms with Gasteiger partial charge in [0, 0.05) is 5.69 Å². The molecule has 1 aromatic heterocycles. The average molecular weight is 281 g/mol. The molecule has 0 radical (unpaired) electrons. The van der Waals surface area contributed by atoms with Gasteiger partial charge in [-0.25, -0.2) is 8.42 Å². The number of thiophene rings is 1. The Morgan fingerprint density at radius 1 is 1.28 bits per heavy atom. The molecule has 96 valence electrons. The minimum absolute atomic E-state index is 0.132. The molecule has 0 aliphatic heterocycles. The van der Waals surface area contributed by atoms with E-state index in [1.165, 1.54) is 0 Å². The molecule has 1 heterocycles. The first-order valence-electron chi connectivity index (χ1n) is 5.59.